The number of carbonyl (C=O) groups excluding carboxylic acids is 1. The van der Waals surface area contributed by atoms with E-state index in [9.17, 15) is 4.79 Å². The Morgan fingerprint density at radius 2 is 1.96 bits per heavy atom. The molecule has 6 nitrogen and oxygen atoms in total. The second kappa shape index (κ2) is 5.78. The van der Waals surface area contributed by atoms with Gasteiger partial charge in [-0.2, -0.15) is 4.99 Å². The first-order chi connectivity index (χ1) is 12.0. The Bertz CT molecular complexity index is 1080. The number of nitrogens with two attached hydrogens (primary N) is 2. The highest BCUT2D eigenvalue weighted by Crippen LogP contribution is 2.38. The maximum Gasteiger partial charge on any atom is 0.256 e. The molecule has 7 heteroatoms. The Morgan fingerprint density at radius 3 is 2.76 bits per heavy atom. The van der Waals surface area contributed by atoms with Gasteiger partial charge in [0.05, 0.1) is 0 Å². The van der Waals surface area contributed by atoms with Crippen LogP contribution in [-0.2, 0) is 4.79 Å². The minimum absolute atomic E-state index is 0.0507. The van der Waals surface area contributed by atoms with Crippen LogP contribution in [0.25, 0.3) is 22.6 Å². The molecular weight excluding hydrogens is 382 g/mol. The Hall–Kier alpha value is -3.06. The zero-order valence-electron chi connectivity index (χ0n) is 13.0. The summed E-state index contributed by atoms with van der Waals surface area (Å²) < 4.78 is 0.900. The molecule has 0 saturated heterocycles. The molecule has 1 aliphatic rings. The third-order valence-electron chi connectivity index (χ3n) is 4.02. The van der Waals surface area contributed by atoms with Crippen molar-refractivity contribution in [1.29, 1.82) is 0 Å². The van der Waals surface area contributed by atoms with E-state index < -0.39 is 0 Å². The van der Waals surface area contributed by atoms with E-state index in [4.69, 9.17) is 11.5 Å². The molecule has 6 N–H and O–H groups in total. The van der Waals surface area contributed by atoms with E-state index in [0.29, 0.717) is 11.4 Å². The van der Waals surface area contributed by atoms with Gasteiger partial charge in [0.25, 0.3) is 5.91 Å². The predicted molar refractivity (Wildman–Crippen MR) is 104 cm³/mol. The lowest BCUT2D eigenvalue weighted by atomic mass is 10.0. The number of hydrogen-bond donors (Lipinski definition) is 4. The topological polar surface area (TPSA) is 109 Å². The van der Waals surface area contributed by atoms with Crippen LogP contribution in [0.5, 0.6) is 0 Å². The van der Waals surface area contributed by atoms with Crippen molar-refractivity contribution in [3.8, 4) is 0 Å². The normalized spacial score (nSPS) is 14.6. The van der Waals surface area contributed by atoms with Gasteiger partial charge in [-0.3, -0.25) is 4.79 Å². The van der Waals surface area contributed by atoms with Gasteiger partial charge in [0, 0.05) is 37.8 Å². The molecule has 1 amide bonds. The van der Waals surface area contributed by atoms with Crippen molar-refractivity contribution in [2.24, 2.45) is 16.5 Å². The van der Waals surface area contributed by atoms with Gasteiger partial charge in [-0.15, -0.1) is 0 Å². The number of para-hydroxylation sites is 1. The molecule has 0 saturated carbocycles. The average molecular weight is 396 g/mol. The highest BCUT2D eigenvalue weighted by Gasteiger charge is 2.25. The summed E-state index contributed by atoms with van der Waals surface area (Å²) in [5, 5.41) is 3.81. The summed E-state index contributed by atoms with van der Waals surface area (Å²) in [5.41, 5.74) is 14.9. The molecule has 2 aromatic carbocycles. The van der Waals surface area contributed by atoms with Gasteiger partial charge in [-0.05, 0) is 30.3 Å². The number of fused-ring (bicyclic) bond motifs is 2. The minimum Gasteiger partial charge on any atom is -0.370 e. The van der Waals surface area contributed by atoms with Crippen LogP contribution in [0.15, 0.2) is 51.9 Å². The largest absolute Gasteiger partial charge is 0.370 e. The van der Waals surface area contributed by atoms with Crippen LogP contribution in [-0.4, -0.2) is 16.9 Å². The molecule has 0 fully saturated rings. The Balaban J connectivity index is 1.97. The number of aliphatic imine (C=N–C) groups is 1. The lowest BCUT2D eigenvalue weighted by molar-refractivity contribution is -0.110. The van der Waals surface area contributed by atoms with E-state index in [1.165, 1.54) is 0 Å². The number of nitrogens with zero attached hydrogens (tertiary/aromatic N) is 1. The third kappa shape index (κ3) is 2.68. The molecule has 0 bridgehead atoms. The van der Waals surface area contributed by atoms with Crippen LogP contribution in [0.3, 0.4) is 0 Å². The zero-order valence-corrected chi connectivity index (χ0v) is 14.6. The van der Waals surface area contributed by atoms with E-state index in [0.717, 1.165) is 32.2 Å². The highest BCUT2D eigenvalue weighted by molar-refractivity contribution is 9.10. The molecule has 0 atom stereocenters. The number of amides is 1. The fourth-order valence-electron chi connectivity index (χ4n) is 2.96. The summed E-state index contributed by atoms with van der Waals surface area (Å²) in [7, 11) is 0. The summed E-state index contributed by atoms with van der Waals surface area (Å²) in [5.74, 6) is 0.309. The maximum absolute atomic E-state index is 12.4. The summed E-state index contributed by atoms with van der Waals surface area (Å²) in [6.45, 7) is 0. The number of aromatic nitrogens is 1. The van der Waals surface area contributed by atoms with Crippen molar-refractivity contribution >= 4 is 61.9 Å². The van der Waals surface area contributed by atoms with Crippen molar-refractivity contribution in [1.82, 2.24) is 4.98 Å². The number of nitrogens with one attached hydrogen (secondary N) is 2. The van der Waals surface area contributed by atoms with Gasteiger partial charge in [-0.1, -0.05) is 34.1 Å². The molecule has 0 unspecified atom stereocenters. The molecule has 25 heavy (non-hydrogen) atoms. The zero-order chi connectivity index (χ0) is 17.6. The monoisotopic (exact) mass is 395 g/mol. The lowest BCUT2D eigenvalue weighted by Gasteiger charge is -2.00. The molecule has 1 aliphatic heterocycles. The van der Waals surface area contributed by atoms with Crippen molar-refractivity contribution in [2.45, 2.75) is 0 Å². The fourth-order valence-corrected chi connectivity index (χ4v) is 3.32. The number of carbonyl (C=O) groups is 1. The van der Waals surface area contributed by atoms with Crippen LogP contribution in [0.2, 0.25) is 0 Å². The molecule has 3 aromatic rings. The number of benzene rings is 2. The number of H-pyrrole nitrogens is 1. The predicted octanol–water partition coefficient (Wildman–Crippen LogP) is 3.33. The number of guanidine groups is 1. The maximum atomic E-state index is 12.4. The Morgan fingerprint density at radius 1 is 1.16 bits per heavy atom. The fraction of sp³-hybridized carbons (Fsp3) is 0. The molecular formula is C18H14BrN5O. The van der Waals surface area contributed by atoms with Crippen LogP contribution < -0.4 is 16.8 Å². The first-order valence-electron chi connectivity index (χ1n) is 7.56. The van der Waals surface area contributed by atoms with Gasteiger partial charge in [-0.25, -0.2) is 0 Å². The summed E-state index contributed by atoms with van der Waals surface area (Å²) in [4.78, 5) is 19.8. The third-order valence-corrected chi connectivity index (χ3v) is 4.51. The number of anilines is 1. The average Bonchev–Trinajstić information content (AvgIpc) is 3.05. The number of halogens is 1. The second-order valence-corrected chi connectivity index (χ2v) is 6.59. The number of hydrogen-bond acceptors (Lipinski definition) is 2. The Labute approximate surface area is 151 Å². The molecule has 4 rings (SSSR count). The molecule has 2 heterocycles. The molecule has 0 spiro atoms. The van der Waals surface area contributed by atoms with E-state index in [1.807, 2.05) is 48.5 Å². The summed E-state index contributed by atoms with van der Waals surface area (Å²) in [6.07, 6.45) is 1.81. The highest BCUT2D eigenvalue weighted by atomic mass is 79.9. The molecule has 0 radical (unpaired) electrons. The van der Waals surface area contributed by atoms with E-state index in [1.54, 1.807) is 0 Å². The SMILES string of the molecule is NC(N)=Nc1[nH]c2ccccc2c1C=C1C(=O)Nc2ccc(Br)cc21. The van der Waals surface area contributed by atoms with Crippen LogP contribution in [0.4, 0.5) is 11.5 Å². The Kier molecular flexibility index (Phi) is 3.58. The molecule has 1 aromatic heterocycles. The van der Waals surface area contributed by atoms with Crippen molar-refractivity contribution < 1.29 is 4.79 Å². The van der Waals surface area contributed by atoms with Crippen LogP contribution >= 0.6 is 15.9 Å². The molecule has 124 valence electrons. The van der Waals surface area contributed by atoms with Gasteiger partial charge in [0.15, 0.2) is 5.96 Å². The van der Waals surface area contributed by atoms with Gasteiger partial charge < -0.3 is 21.8 Å². The van der Waals surface area contributed by atoms with E-state index >= 15 is 0 Å². The summed E-state index contributed by atoms with van der Waals surface area (Å²) in [6, 6.07) is 13.4. The number of rotatable bonds is 2. The van der Waals surface area contributed by atoms with E-state index in [2.05, 4.69) is 31.2 Å². The second-order valence-electron chi connectivity index (χ2n) is 5.67. The standard InChI is InChI=1S/C18H14BrN5O/c19-9-5-6-15-11(7-9)13(17(25)23-15)8-12-10-3-1-2-4-14(10)22-16(12)24-18(20)21/h1-8,22H,(H,23,25)(H4,20,21,24). The first kappa shape index (κ1) is 15.5. The van der Waals surface area contributed by atoms with Gasteiger partial charge in [0.2, 0.25) is 0 Å². The van der Waals surface area contributed by atoms with Crippen molar-refractivity contribution in [2.75, 3.05) is 5.32 Å². The smallest absolute Gasteiger partial charge is 0.256 e. The van der Waals surface area contributed by atoms with Crippen LogP contribution in [0, 0.1) is 0 Å². The minimum atomic E-state index is -0.158. The van der Waals surface area contributed by atoms with Gasteiger partial charge >= 0.3 is 0 Å². The van der Waals surface area contributed by atoms with Crippen LogP contribution in [0.1, 0.15) is 11.1 Å². The molecule has 0 aliphatic carbocycles. The van der Waals surface area contributed by atoms with Crippen molar-refractivity contribution in [3.05, 3.63) is 58.1 Å². The van der Waals surface area contributed by atoms with E-state index in [-0.39, 0.29) is 11.9 Å². The lowest BCUT2D eigenvalue weighted by Crippen LogP contribution is -2.22. The summed E-state index contributed by atoms with van der Waals surface area (Å²) >= 11 is 3.45. The van der Waals surface area contributed by atoms with Gasteiger partial charge in [0.1, 0.15) is 5.82 Å². The van der Waals surface area contributed by atoms with Crippen molar-refractivity contribution in [3.63, 3.8) is 0 Å². The number of aromatic amines is 1. The first-order valence-corrected chi connectivity index (χ1v) is 8.35. The quantitative estimate of drug-likeness (QED) is 0.303.